The van der Waals surface area contributed by atoms with E-state index in [1.807, 2.05) is 36.5 Å². The van der Waals surface area contributed by atoms with E-state index in [1.165, 1.54) is 7.05 Å². The van der Waals surface area contributed by atoms with Crippen LogP contribution in [0.3, 0.4) is 0 Å². The number of hydrogen-bond acceptors (Lipinski definition) is 5. The molecule has 10 nitrogen and oxygen atoms in total. The predicted octanol–water partition coefficient (Wildman–Crippen LogP) is 2.62. The van der Waals surface area contributed by atoms with Crippen LogP contribution in [-0.4, -0.2) is 83.2 Å². The number of likely N-dealkylation sites (tertiary alicyclic amines) is 2. The topological polar surface area (TPSA) is 128 Å². The average Bonchev–Trinajstić information content (AvgIpc) is 3.62. The van der Waals surface area contributed by atoms with Crippen molar-refractivity contribution in [1.82, 2.24) is 30.4 Å². The Bertz CT molecular complexity index is 1700. The third-order valence-corrected chi connectivity index (χ3v) is 8.75. The molecule has 0 aliphatic carbocycles. The van der Waals surface area contributed by atoms with Gasteiger partial charge in [-0.2, -0.15) is 0 Å². The fourth-order valence-electron chi connectivity index (χ4n) is 6.29. The van der Waals surface area contributed by atoms with Gasteiger partial charge in [0, 0.05) is 78.7 Å². The van der Waals surface area contributed by atoms with Crippen molar-refractivity contribution in [3.8, 4) is 0 Å². The second-order valence-electron chi connectivity index (χ2n) is 11.0. The summed E-state index contributed by atoms with van der Waals surface area (Å²) in [5.41, 5.74) is 2.27. The zero-order valence-corrected chi connectivity index (χ0v) is 23.9. The molecule has 0 spiro atoms. The van der Waals surface area contributed by atoms with Crippen LogP contribution in [0.15, 0.2) is 61.1 Å². The first-order valence-electron chi connectivity index (χ1n) is 14.0. The second kappa shape index (κ2) is 11.4. The van der Waals surface area contributed by atoms with Crippen molar-refractivity contribution in [3.05, 3.63) is 77.2 Å². The molecular formula is C31H31ClN6O4. The number of nitrogens with zero attached hydrogens (tertiary/aromatic N) is 3. The van der Waals surface area contributed by atoms with Gasteiger partial charge in [-0.15, -0.1) is 0 Å². The first-order valence-corrected chi connectivity index (χ1v) is 14.3. The summed E-state index contributed by atoms with van der Waals surface area (Å²) in [6.45, 7) is 1.36. The van der Waals surface area contributed by atoms with Crippen LogP contribution in [0, 0.1) is 17.8 Å². The Labute approximate surface area is 247 Å². The number of halogens is 1. The molecule has 2 aromatic carbocycles. The molecule has 3 unspecified atom stereocenters. The molecule has 2 aromatic heterocycles. The Morgan fingerprint density at radius 3 is 2.67 bits per heavy atom. The fraction of sp³-hybridized carbons (Fsp3) is 0.323. The second-order valence-corrected chi connectivity index (χ2v) is 11.5. The SMILES string of the molecule is CNC(=O)CNC(=O)C1CN(C(=O)Cc2c[nH]c3cc(Cl)ccc23)CC2CN(C(=O)c3ccc4cnccc4c3)CC21. The summed E-state index contributed by atoms with van der Waals surface area (Å²) >= 11 is 6.12. The molecule has 6 rings (SSSR count). The normalized spacial score (nSPS) is 20.0. The van der Waals surface area contributed by atoms with Gasteiger partial charge in [0.15, 0.2) is 0 Å². The number of benzene rings is 2. The number of pyridine rings is 1. The molecule has 2 aliphatic heterocycles. The Balaban J connectivity index is 1.22. The van der Waals surface area contributed by atoms with Gasteiger partial charge in [-0.25, -0.2) is 0 Å². The van der Waals surface area contributed by atoms with Gasteiger partial charge in [-0.1, -0.05) is 23.7 Å². The lowest BCUT2D eigenvalue weighted by Gasteiger charge is -2.39. The molecule has 42 heavy (non-hydrogen) atoms. The lowest BCUT2D eigenvalue weighted by Crippen LogP contribution is -2.54. The standard InChI is InChI=1S/C31H31ClN6O4/c1-33-28(39)13-36-30(41)26-17-37(29(40)9-21-12-35-27-10-23(32)4-5-24(21)27)14-22-15-38(16-25(22)26)31(42)19-2-3-20-11-34-7-6-18(20)8-19/h2-8,10-12,22,25-26,35H,9,13-17H2,1H3,(H,33,39)(H,36,41). The highest BCUT2D eigenvalue weighted by Gasteiger charge is 2.47. The summed E-state index contributed by atoms with van der Waals surface area (Å²) in [5, 5.41) is 8.64. The summed E-state index contributed by atoms with van der Waals surface area (Å²) in [6.07, 6.45) is 5.43. The largest absolute Gasteiger partial charge is 0.361 e. The fourth-order valence-corrected chi connectivity index (χ4v) is 6.46. The summed E-state index contributed by atoms with van der Waals surface area (Å²) < 4.78 is 0. The minimum Gasteiger partial charge on any atom is -0.361 e. The summed E-state index contributed by atoms with van der Waals surface area (Å²) in [4.78, 5) is 63.3. The molecule has 4 heterocycles. The van der Waals surface area contributed by atoms with E-state index in [9.17, 15) is 19.2 Å². The van der Waals surface area contributed by atoms with Crippen molar-refractivity contribution in [1.29, 1.82) is 0 Å². The van der Waals surface area contributed by atoms with Crippen LogP contribution in [0.1, 0.15) is 15.9 Å². The number of amides is 4. The summed E-state index contributed by atoms with van der Waals surface area (Å²) in [7, 11) is 1.51. The molecule has 11 heteroatoms. The highest BCUT2D eigenvalue weighted by atomic mass is 35.5. The zero-order valence-electron chi connectivity index (χ0n) is 23.1. The summed E-state index contributed by atoms with van der Waals surface area (Å²) in [6, 6.07) is 12.9. The first-order chi connectivity index (χ1) is 20.3. The van der Waals surface area contributed by atoms with Gasteiger partial charge >= 0.3 is 0 Å². The maximum Gasteiger partial charge on any atom is 0.253 e. The van der Waals surface area contributed by atoms with Crippen LogP contribution in [-0.2, 0) is 20.8 Å². The van der Waals surface area contributed by atoms with Crippen molar-refractivity contribution >= 4 is 56.9 Å². The summed E-state index contributed by atoms with van der Waals surface area (Å²) in [5.74, 6) is -1.57. The van der Waals surface area contributed by atoms with E-state index in [4.69, 9.17) is 11.6 Å². The number of carbonyl (C=O) groups excluding carboxylic acids is 4. The van der Waals surface area contributed by atoms with Gasteiger partial charge in [-0.05, 0) is 53.1 Å². The number of hydrogen-bond donors (Lipinski definition) is 3. The molecule has 4 amide bonds. The molecule has 216 valence electrons. The van der Waals surface area contributed by atoms with Crippen molar-refractivity contribution in [2.45, 2.75) is 6.42 Å². The monoisotopic (exact) mass is 586 g/mol. The van der Waals surface area contributed by atoms with Crippen molar-refractivity contribution in [2.24, 2.45) is 17.8 Å². The maximum atomic E-state index is 13.6. The van der Waals surface area contributed by atoms with Crippen LogP contribution in [0.25, 0.3) is 21.7 Å². The number of carbonyl (C=O) groups is 4. The van der Waals surface area contributed by atoms with Crippen LogP contribution >= 0.6 is 11.6 Å². The molecule has 4 aromatic rings. The maximum absolute atomic E-state index is 13.6. The Morgan fingerprint density at radius 1 is 1.00 bits per heavy atom. The lowest BCUT2D eigenvalue weighted by molar-refractivity contribution is -0.139. The molecule has 3 atom stereocenters. The molecule has 2 fully saturated rings. The molecule has 2 aliphatic rings. The number of aromatic nitrogens is 2. The number of likely N-dealkylation sites (N-methyl/N-ethyl adjacent to an activating group) is 1. The molecule has 0 saturated carbocycles. The number of H-pyrrole nitrogens is 1. The minimum absolute atomic E-state index is 0.0752. The van der Waals surface area contributed by atoms with Crippen molar-refractivity contribution in [3.63, 3.8) is 0 Å². The molecule has 0 radical (unpaired) electrons. The van der Waals surface area contributed by atoms with Gasteiger partial charge in [0.25, 0.3) is 5.91 Å². The zero-order chi connectivity index (χ0) is 29.4. The van der Waals surface area contributed by atoms with Crippen LogP contribution < -0.4 is 10.6 Å². The average molecular weight is 587 g/mol. The van der Waals surface area contributed by atoms with Gasteiger partial charge < -0.3 is 25.4 Å². The Kier molecular flexibility index (Phi) is 7.55. The van der Waals surface area contributed by atoms with Gasteiger partial charge in [0.1, 0.15) is 0 Å². The molecule has 0 bridgehead atoms. The third-order valence-electron chi connectivity index (χ3n) is 8.52. The number of aromatic amines is 1. The van der Waals surface area contributed by atoms with E-state index < -0.39 is 5.92 Å². The Morgan fingerprint density at radius 2 is 1.83 bits per heavy atom. The number of nitrogens with one attached hydrogen (secondary N) is 3. The highest BCUT2D eigenvalue weighted by Crippen LogP contribution is 2.37. The molecular weight excluding hydrogens is 556 g/mol. The van der Waals surface area contributed by atoms with Crippen LogP contribution in [0.4, 0.5) is 0 Å². The van der Waals surface area contributed by atoms with Crippen molar-refractivity contribution in [2.75, 3.05) is 39.8 Å². The highest BCUT2D eigenvalue weighted by molar-refractivity contribution is 6.31. The van der Waals surface area contributed by atoms with Crippen LogP contribution in [0.5, 0.6) is 0 Å². The number of fused-ring (bicyclic) bond motifs is 3. The van der Waals surface area contributed by atoms with E-state index in [2.05, 4.69) is 20.6 Å². The van der Waals surface area contributed by atoms with Gasteiger partial charge in [0.2, 0.25) is 17.7 Å². The van der Waals surface area contributed by atoms with Crippen LogP contribution in [0.2, 0.25) is 5.02 Å². The quantitative estimate of drug-likeness (QED) is 0.320. The minimum atomic E-state index is -0.556. The van der Waals surface area contributed by atoms with E-state index >= 15 is 0 Å². The number of piperidine rings is 1. The van der Waals surface area contributed by atoms with E-state index in [-0.39, 0.29) is 55.0 Å². The molecule has 3 N–H and O–H groups in total. The van der Waals surface area contributed by atoms with E-state index in [0.717, 1.165) is 27.2 Å². The molecule has 2 saturated heterocycles. The Hall–Kier alpha value is -4.44. The number of rotatable bonds is 6. The lowest BCUT2D eigenvalue weighted by atomic mass is 9.79. The van der Waals surface area contributed by atoms with Gasteiger partial charge in [-0.3, -0.25) is 24.2 Å². The van der Waals surface area contributed by atoms with E-state index in [1.54, 1.807) is 34.3 Å². The van der Waals surface area contributed by atoms with Crippen molar-refractivity contribution < 1.29 is 19.2 Å². The van der Waals surface area contributed by atoms with Gasteiger partial charge in [0.05, 0.1) is 18.9 Å². The predicted molar refractivity (Wildman–Crippen MR) is 159 cm³/mol. The third kappa shape index (κ3) is 5.42. The smallest absolute Gasteiger partial charge is 0.253 e. The first kappa shape index (κ1) is 27.7. The van der Waals surface area contributed by atoms with E-state index in [0.29, 0.717) is 30.2 Å².